The SMILES string of the molecule is Cc1cn([C@H]2CN(C(c3ccccc3)(c3ccccc3)c3ccccc3)C[C@@H](COP(=O)(Cl)N3CCC(NC(=O)C(F)(F)F)CC3)O2)c(=O)[nH]c1=O. The maximum absolute atomic E-state index is 13.8. The van der Waals surface area contributed by atoms with E-state index in [1.54, 1.807) is 6.92 Å². The second-order valence-corrected chi connectivity index (χ2v) is 15.9. The fourth-order valence-corrected chi connectivity index (χ4v) is 8.84. The Kier molecular flexibility index (Phi) is 11.3. The third-order valence-electron chi connectivity index (χ3n) is 9.48. The van der Waals surface area contributed by atoms with Crippen LogP contribution in [0.5, 0.6) is 0 Å². The Labute approximate surface area is 302 Å². The second kappa shape index (κ2) is 15.5. The highest BCUT2D eigenvalue weighted by Crippen LogP contribution is 2.57. The van der Waals surface area contributed by atoms with Crippen molar-refractivity contribution in [2.24, 2.45) is 0 Å². The van der Waals surface area contributed by atoms with Gasteiger partial charge < -0.3 is 14.6 Å². The number of aromatic amines is 1. The Morgan fingerprint density at radius 3 is 1.94 bits per heavy atom. The Bertz CT molecular complexity index is 1910. The van der Waals surface area contributed by atoms with Crippen LogP contribution in [0.1, 0.15) is 41.3 Å². The van der Waals surface area contributed by atoms with Gasteiger partial charge in [-0.3, -0.25) is 28.6 Å². The predicted molar refractivity (Wildman–Crippen MR) is 189 cm³/mol. The monoisotopic (exact) mass is 759 g/mol. The molecular formula is C36H38ClF3N5O6P. The van der Waals surface area contributed by atoms with Crippen LogP contribution in [0.3, 0.4) is 0 Å². The van der Waals surface area contributed by atoms with Gasteiger partial charge in [-0.1, -0.05) is 91.0 Å². The topological polar surface area (TPSA) is 126 Å². The average Bonchev–Trinajstić information content (AvgIpc) is 3.14. The van der Waals surface area contributed by atoms with Gasteiger partial charge in [0.05, 0.1) is 18.2 Å². The number of amides is 1. The minimum absolute atomic E-state index is 0.0229. The quantitative estimate of drug-likeness (QED) is 0.160. The van der Waals surface area contributed by atoms with Crippen LogP contribution in [0.15, 0.2) is 107 Å². The van der Waals surface area contributed by atoms with Gasteiger partial charge in [-0.05, 0) is 47.7 Å². The molecule has 11 nitrogen and oxygen atoms in total. The first-order chi connectivity index (χ1) is 24.8. The molecule has 2 fully saturated rings. The zero-order valence-electron chi connectivity index (χ0n) is 28.2. The molecule has 2 saturated heterocycles. The Morgan fingerprint density at radius 1 is 0.923 bits per heavy atom. The van der Waals surface area contributed by atoms with Gasteiger partial charge in [-0.25, -0.2) is 9.46 Å². The lowest BCUT2D eigenvalue weighted by Gasteiger charge is -2.50. The van der Waals surface area contributed by atoms with Gasteiger partial charge in [0.2, 0.25) is 0 Å². The maximum atomic E-state index is 13.8. The smallest absolute Gasteiger partial charge is 0.350 e. The lowest BCUT2D eigenvalue weighted by Crippen LogP contribution is -2.58. The van der Waals surface area contributed by atoms with Gasteiger partial charge in [-0.15, -0.1) is 0 Å². The summed E-state index contributed by atoms with van der Waals surface area (Å²) in [4.78, 5) is 41.5. The summed E-state index contributed by atoms with van der Waals surface area (Å²) >= 11 is 6.52. The minimum Gasteiger partial charge on any atom is -0.350 e. The van der Waals surface area contributed by atoms with E-state index in [0.29, 0.717) is 5.56 Å². The first kappa shape index (κ1) is 37.7. The molecular weight excluding hydrogens is 722 g/mol. The number of aromatic nitrogens is 2. The first-order valence-electron chi connectivity index (χ1n) is 16.8. The van der Waals surface area contributed by atoms with Gasteiger partial charge in [-0.2, -0.15) is 13.2 Å². The van der Waals surface area contributed by atoms with Crippen LogP contribution in [-0.2, 0) is 24.2 Å². The van der Waals surface area contributed by atoms with E-state index in [1.165, 1.54) is 15.4 Å². The van der Waals surface area contributed by atoms with Crippen LogP contribution < -0.4 is 16.6 Å². The van der Waals surface area contributed by atoms with E-state index < -0.39 is 54.1 Å². The number of carbonyl (C=O) groups is 1. The van der Waals surface area contributed by atoms with Crippen molar-refractivity contribution in [2.75, 3.05) is 32.8 Å². The van der Waals surface area contributed by atoms with Crippen LogP contribution in [0.25, 0.3) is 0 Å². The van der Waals surface area contributed by atoms with Crippen LogP contribution >= 0.6 is 18.1 Å². The molecule has 2 N–H and O–H groups in total. The van der Waals surface area contributed by atoms with Gasteiger partial charge in [0.25, 0.3) is 5.56 Å². The first-order valence-corrected chi connectivity index (χ1v) is 19.2. The summed E-state index contributed by atoms with van der Waals surface area (Å²) in [6.45, 7) is -2.27. The average molecular weight is 760 g/mol. The van der Waals surface area contributed by atoms with E-state index in [0.717, 1.165) is 16.7 Å². The molecule has 0 radical (unpaired) electrons. The van der Waals surface area contributed by atoms with Crippen LogP contribution in [-0.4, -0.2) is 76.1 Å². The number of morpholine rings is 1. The third kappa shape index (κ3) is 7.97. The number of halogens is 4. The summed E-state index contributed by atoms with van der Waals surface area (Å²) in [5.74, 6) is -2.03. The number of carbonyl (C=O) groups excluding carboxylic acids is 1. The molecule has 4 aromatic rings. The van der Waals surface area contributed by atoms with Crippen LogP contribution in [0.2, 0.25) is 0 Å². The standard InChI is InChI=1S/C36H38ClF3N5O6P/c1-25-21-45(34(48)42-32(25)46)31-23-43(35(26-11-5-2-6-12-26,27-13-7-3-8-14-27)28-15-9-4-10-16-28)22-30(51-31)24-50-52(37,49)44-19-17-29(18-20-44)41-33(47)36(38,39)40/h2-16,21,29-31H,17-20,22-24H2,1H3,(H,41,47)(H,42,46,48)/t30-,31+,52?/m0/s1. The summed E-state index contributed by atoms with van der Waals surface area (Å²) in [5, 5.41) is 1.97. The van der Waals surface area contributed by atoms with E-state index in [1.807, 2.05) is 96.3 Å². The molecule has 6 rings (SSSR count). The molecule has 0 aliphatic carbocycles. The highest BCUT2D eigenvalue weighted by molar-refractivity contribution is 7.83. The van der Waals surface area contributed by atoms with Gasteiger partial charge >= 0.3 is 24.6 Å². The lowest BCUT2D eigenvalue weighted by atomic mass is 9.75. The summed E-state index contributed by atoms with van der Waals surface area (Å²) in [7, 11) is 0. The van der Waals surface area contributed by atoms with Crippen molar-refractivity contribution in [1.29, 1.82) is 0 Å². The molecule has 0 spiro atoms. The molecule has 276 valence electrons. The molecule has 16 heteroatoms. The second-order valence-electron chi connectivity index (χ2n) is 12.9. The normalized spacial score (nSPS) is 20.6. The fraction of sp³-hybridized carbons (Fsp3) is 0.361. The number of nitrogens with zero attached hydrogens (tertiary/aromatic N) is 3. The highest BCUT2D eigenvalue weighted by atomic mass is 35.7. The predicted octanol–water partition coefficient (Wildman–Crippen LogP) is 5.54. The van der Waals surface area contributed by atoms with Crippen molar-refractivity contribution >= 4 is 24.0 Å². The summed E-state index contributed by atoms with van der Waals surface area (Å²) in [6.07, 6.45) is -5.16. The molecule has 3 aromatic carbocycles. The summed E-state index contributed by atoms with van der Waals surface area (Å²) < 4.78 is 67.2. The van der Waals surface area contributed by atoms with Crippen molar-refractivity contribution in [3.63, 3.8) is 0 Å². The van der Waals surface area contributed by atoms with E-state index in [2.05, 4.69) is 9.88 Å². The molecule has 1 amide bonds. The number of H-pyrrole nitrogens is 1. The van der Waals surface area contributed by atoms with Crippen molar-refractivity contribution in [2.45, 2.75) is 49.9 Å². The van der Waals surface area contributed by atoms with Crippen molar-refractivity contribution in [1.82, 2.24) is 24.4 Å². The third-order valence-corrected chi connectivity index (χ3v) is 12.0. The number of nitrogens with one attached hydrogen (secondary N) is 2. The number of piperidine rings is 1. The van der Waals surface area contributed by atoms with Crippen molar-refractivity contribution in [3.8, 4) is 0 Å². The number of benzene rings is 3. The zero-order valence-corrected chi connectivity index (χ0v) is 29.8. The molecule has 3 heterocycles. The number of rotatable bonds is 10. The zero-order chi connectivity index (χ0) is 37.1. The van der Waals surface area contributed by atoms with Crippen molar-refractivity contribution < 1.29 is 31.8 Å². The highest BCUT2D eigenvalue weighted by Gasteiger charge is 2.47. The fourth-order valence-electron chi connectivity index (χ4n) is 7.00. The Morgan fingerprint density at radius 2 is 1.44 bits per heavy atom. The summed E-state index contributed by atoms with van der Waals surface area (Å²) in [6, 6.07) is 28.9. The molecule has 2 aliphatic heterocycles. The Hall–Kier alpha value is -4.04. The van der Waals surface area contributed by atoms with Gasteiger partial charge in [0.1, 0.15) is 0 Å². The number of alkyl halides is 3. The van der Waals surface area contributed by atoms with E-state index in [-0.39, 0.29) is 45.6 Å². The molecule has 2 aliphatic rings. The molecule has 0 saturated carbocycles. The van der Waals surface area contributed by atoms with E-state index >= 15 is 0 Å². The molecule has 1 aromatic heterocycles. The van der Waals surface area contributed by atoms with Crippen LogP contribution in [0, 0.1) is 6.92 Å². The number of ether oxygens (including phenoxy) is 1. The molecule has 0 bridgehead atoms. The van der Waals surface area contributed by atoms with E-state index in [9.17, 15) is 32.1 Å². The number of aryl methyl sites for hydroxylation is 1. The largest absolute Gasteiger partial charge is 0.471 e. The molecule has 52 heavy (non-hydrogen) atoms. The lowest BCUT2D eigenvalue weighted by molar-refractivity contribution is -0.174. The number of hydrogen-bond donors (Lipinski definition) is 2. The maximum Gasteiger partial charge on any atom is 0.471 e. The van der Waals surface area contributed by atoms with E-state index in [4.69, 9.17) is 20.5 Å². The minimum atomic E-state index is -5.01. The van der Waals surface area contributed by atoms with Crippen LogP contribution in [0.4, 0.5) is 13.2 Å². The van der Waals surface area contributed by atoms with Crippen molar-refractivity contribution in [3.05, 3.63) is 140 Å². The van der Waals surface area contributed by atoms with Gasteiger partial charge in [0.15, 0.2) is 6.23 Å². The van der Waals surface area contributed by atoms with Gasteiger partial charge in [0, 0.05) is 44.0 Å². The molecule has 3 atom stereocenters. The summed E-state index contributed by atoms with van der Waals surface area (Å²) in [5.41, 5.74) is 0.969. The number of hydrogen-bond acceptors (Lipinski definition) is 7. The Balaban J connectivity index is 1.34. The molecule has 1 unspecified atom stereocenters.